The van der Waals surface area contributed by atoms with Gasteiger partial charge in [0.2, 0.25) is 5.89 Å². The largest absolute Gasteiger partial charge is 0.377 e. The Labute approximate surface area is 143 Å². The molecule has 1 atom stereocenters. The van der Waals surface area contributed by atoms with Gasteiger partial charge in [0, 0.05) is 33.3 Å². The van der Waals surface area contributed by atoms with E-state index in [4.69, 9.17) is 9.26 Å². The van der Waals surface area contributed by atoms with Gasteiger partial charge in [0.1, 0.15) is 6.61 Å². The molecular weight excluding hydrogens is 304 g/mol. The zero-order chi connectivity index (χ0) is 16.8. The molecule has 1 aromatic carbocycles. The van der Waals surface area contributed by atoms with Crippen molar-refractivity contribution in [2.45, 2.75) is 32.5 Å². The Morgan fingerprint density at radius 2 is 2.00 bits per heavy atom. The third-order valence-electron chi connectivity index (χ3n) is 4.53. The van der Waals surface area contributed by atoms with Crippen LogP contribution in [-0.4, -0.2) is 53.2 Å². The maximum absolute atomic E-state index is 5.40. The molecular formula is C18H26N4O2. The van der Waals surface area contributed by atoms with Crippen LogP contribution in [-0.2, 0) is 17.9 Å². The molecule has 1 fully saturated rings. The first-order valence-electron chi connectivity index (χ1n) is 8.58. The third-order valence-corrected chi connectivity index (χ3v) is 4.53. The molecule has 24 heavy (non-hydrogen) atoms. The number of hydrogen-bond donors (Lipinski definition) is 0. The van der Waals surface area contributed by atoms with Crippen LogP contribution in [0.1, 0.15) is 36.7 Å². The van der Waals surface area contributed by atoms with Crippen molar-refractivity contribution in [3.8, 4) is 0 Å². The number of ether oxygens (including phenoxy) is 1. The van der Waals surface area contributed by atoms with Gasteiger partial charge in [-0.2, -0.15) is 4.98 Å². The van der Waals surface area contributed by atoms with E-state index in [1.54, 1.807) is 7.11 Å². The molecule has 3 rings (SSSR count). The number of nitrogens with zero attached hydrogens (tertiary/aromatic N) is 4. The molecule has 130 valence electrons. The number of rotatable bonds is 6. The summed E-state index contributed by atoms with van der Waals surface area (Å²) in [7, 11) is 1.63. The minimum atomic E-state index is 0.139. The van der Waals surface area contributed by atoms with Crippen molar-refractivity contribution in [1.29, 1.82) is 0 Å². The van der Waals surface area contributed by atoms with Gasteiger partial charge in [-0.3, -0.25) is 9.80 Å². The highest BCUT2D eigenvalue weighted by atomic mass is 16.5. The molecule has 1 aromatic heterocycles. The number of hydrogen-bond acceptors (Lipinski definition) is 6. The lowest BCUT2D eigenvalue weighted by atomic mass is 10.2. The lowest BCUT2D eigenvalue weighted by Crippen LogP contribution is -2.32. The highest BCUT2D eigenvalue weighted by Gasteiger charge is 2.24. The van der Waals surface area contributed by atoms with Gasteiger partial charge >= 0.3 is 0 Å². The first-order valence-corrected chi connectivity index (χ1v) is 8.58. The molecule has 1 aliphatic heterocycles. The van der Waals surface area contributed by atoms with Crippen molar-refractivity contribution in [3.63, 3.8) is 0 Å². The zero-order valence-electron chi connectivity index (χ0n) is 14.5. The predicted octanol–water partition coefficient (Wildman–Crippen LogP) is 2.48. The molecule has 0 aliphatic carbocycles. The monoisotopic (exact) mass is 330 g/mol. The quantitative estimate of drug-likeness (QED) is 0.811. The SMILES string of the molecule is COCc1noc(C(C)N2CCCN(Cc3ccccc3)CC2)n1. The fraction of sp³-hybridized carbons (Fsp3) is 0.556. The summed E-state index contributed by atoms with van der Waals surface area (Å²) in [6.45, 7) is 7.78. The standard InChI is InChI=1S/C18H26N4O2/c1-15(18-19-17(14-23-2)20-24-18)22-10-6-9-21(11-12-22)13-16-7-4-3-5-8-16/h3-5,7-8,15H,6,9-14H2,1-2H3. The Balaban J connectivity index is 1.56. The van der Waals surface area contributed by atoms with E-state index in [0.717, 1.165) is 39.1 Å². The fourth-order valence-corrected chi connectivity index (χ4v) is 3.16. The maximum atomic E-state index is 5.40. The molecule has 0 amide bonds. The molecule has 0 spiro atoms. The summed E-state index contributed by atoms with van der Waals surface area (Å²) in [5, 5.41) is 3.97. The number of methoxy groups -OCH3 is 1. The average Bonchev–Trinajstić information content (AvgIpc) is 2.94. The van der Waals surface area contributed by atoms with Crippen molar-refractivity contribution >= 4 is 0 Å². The summed E-state index contributed by atoms with van der Waals surface area (Å²) < 4.78 is 10.5. The smallest absolute Gasteiger partial charge is 0.243 e. The lowest BCUT2D eigenvalue weighted by Gasteiger charge is -2.25. The van der Waals surface area contributed by atoms with Gasteiger partial charge < -0.3 is 9.26 Å². The molecule has 1 aliphatic rings. The van der Waals surface area contributed by atoms with Crippen LogP contribution in [0, 0.1) is 0 Å². The summed E-state index contributed by atoms with van der Waals surface area (Å²) in [6, 6.07) is 10.8. The molecule has 0 radical (unpaired) electrons. The minimum absolute atomic E-state index is 0.139. The Morgan fingerprint density at radius 1 is 1.17 bits per heavy atom. The second-order valence-corrected chi connectivity index (χ2v) is 6.31. The molecule has 6 heteroatoms. The zero-order valence-corrected chi connectivity index (χ0v) is 14.5. The van der Waals surface area contributed by atoms with Crippen LogP contribution < -0.4 is 0 Å². The lowest BCUT2D eigenvalue weighted by molar-refractivity contribution is 0.169. The molecule has 1 unspecified atom stereocenters. The van der Waals surface area contributed by atoms with Crippen molar-refractivity contribution in [2.24, 2.45) is 0 Å². The Bertz CT molecular complexity index is 616. The Hall–Kier alpha value is -1.76. The van der Waals surface area contributed by atoms with E-state index in [2.05, 4.69) is 57.2 Å². The van der Waals surface area contributed by atoms with Gasteiger partial charge in [-0.05, 0) is 25.5 Å². The van der Waals surface area contributed by atoms with Crippen LogP contribution >= 0.6 is 0 Å². The van der Waals surface area contributed by atoms with E-state index in [0.29, 0.717) is 18.3 Å². The second-order valence-electron chi connectivity index (χ2n) is 6.31. The molecule has 0 saturated carbocycles. The molecule has 2 heterocycles. The van der Waals surface area contributed by atoms with E-state index in [1.165, 1.54) is 5.56 Å². The van der Waals surface area contributed by atoms with Gasteiger partial charge in [-0.25, -0.2) is 0 Å². The van der Waals surface area contributed by atoms with Crippen LogP contribution in [0.4, 0.5) is 0 Å². The van der Waals surface area contributed by atoms with Crippen LogP contribution in [0.15, 0.2) is 34.9 Å². The van der Waals surface area contributed by atoms with E-state index in [9.17, 15) is 0 Å². The van der Waals surface area contributed by atoms with Gasteiger partial charge in [0.25, 0.3) is 0 Å². The molecule has 1 saturated heterocycles. The van der Waals surface area contributed by atoms with Crippen LogP contribution in [0.2, 0.25) is 0 Å². The topological polar surface area (TPSA) is 54.6 Å². The highest BCUT2D eigenvalue weighted by molar-refractivity contribution is 5.14. The summed E-state index contributed by atoms with van der Waals surface area (Å²) in [6.07, 6.45) is 1.15. The predicted molar refractivity (Wildman–Crippen MR) is 91.3 cm³/mol. The van der Waals surface area contributed by atoms with E-state index in [-0.39, 0.29) is 6.04 Å². The first-order chi connectivity index (χ1) is 11.8. The average molecular weight is 330 g/mol. The fourth-order valence-electron chi connectivity index (χ4n) is 3.16. The number of aromatic nitrogens is 2. The third kappa shape index (κ3) is 4.41. The van der Waals surface area contributed by atoms with Gasteiger partial charge in [0.05, 0.1) is 6.04 Å². The summed E-state index contributed by atoms with van der Waals surface area (Å²) in [5.74, 6) is 1.29. The van der Waals surface area contributed by atoms with Gasteiger partial charge in [-0.1, -0.05) is 35.5 Å². The number of benzene rings is 1. The van der Waals surface area contributed by atoms with Gasteiger partial charge in [-0.15, -0.1) is 0 Å². The van der Waals surface area contributed by atoms with Crippen LogP contribution in [0.5, 0.6) is 0 Å². The van der Waals surface area contributed by atoms with Crippen molar-refractivity contribution in [3.05, 3.63) is 47.6 Å². The molecule has 0 bridgehead atoms. The van der Waals surface area contributed by atoms with Crippen LogP contribution in [0.3, 0.4) is 0 Å². The van der Waals surface area contributed by atoms with E-state index in [1.807, 2.05) is 0 Å². The second kappa shape index (κ2) is 8.37. The summed E-state index contributed by atoms with van der Waals surface area (Å²) in [5.41, 5.74) is 1.38. The van der Waals surface area contributed by atoms with Crippen molar-refractivity contribution < 1.29 is 9.26 Å². The summed E-state index contributed by atoms with van der Waals surface area (Å²) >= 11 is 0. The van der Waals surface area contributed by atoms with E-state index >= 15 is 0 Å². The molecule has 6 nitrogen and oxygen atoms in total. The minimum Gasteiger partial charge on any atom is -0.377 e. The molecule has 0 N–H and O–H groups in total. The molecule has 2 aromatic rings. The Morgan fingerprint density at radius 3 is 2.79 bits per heavy atom. The van der Waals surface area contributed by atoms with Crippen molar-refractivity contribution in [1.82, 2.24) is 19.9 Å². The van der Waals surface area contributed by atoms with E-state index < -0.39 is 0 Å². The maximum Gasteiger partial charge on any atom is 0.243 e. The normalized spacial score (nSPS) is 18.4. The Kier molecular flexibility index (Phi) is 5.96. The van der Waals surface area contributed by atoms with Gasteiger partial charge in [0.15, 0.2) is 5.82 Å². The summed E-state index contributed by atoms with van der Waals surface area (Å²) in [4.78, 5) is 9.38. The first kappa shape index (κ1) is 17.1. The van der Waals surface area contributed by atoms with Crippen LogP contribution in [0.25, 0.3) is 0 Å². The highest BCUT2D eigenvalue weighted by Crippen LogP contribution is 2.21. The van der Waals surface area contributed by atoms with Crippen molar-refractivity contribution in [2.75, 3.05) is 33.3 Å².